The van der Waals surface area contributed by atoms with Crippen molar-refractivity contribution in [3.05, 3.63) is 29.6 Å². The summed E-state index contributed by atoms with van der Waals surface area (Å²) in [6, 6.07) is 6.24. The minimum Gasteiger partial charge on any atom is -0.543 e. The molecule has 38 heavy (non-hydrogen) atoms. The van der Waals surface area contributed by atoms with E-state index >= 15 is 0 Å². The average molecular weight is 540 g/mol. The minimum atomic E-state index is -2.02. The van der Waals surface area contributed by atoms with Crippen LogP contribution in [0.25, 0.3) is 22.4 Å². The Labute approximate surface area is 226 Å². The summed E-state index contributed by atoms with van der Waals surface area (Å²) in [5.74, 6) is 1.55. The van der Waals surface area contributed by atoms with Crippen LogP contribution in [-0.2, 0) is 22.6 Å². The Balaban J connectivity index is 1.50. The standard InChI is InChI=1S/C28H41N5O4Si/c1-27(2,3)36-26(34)32-16-20-21(17-32)30-25(29-20)24-19-15-18(37-38(7,8)28(4,5)6)12-13-22(19)33(31-24)23-11-9-10-14-35-23/h12-13,15,23H,9-11,14,16-17H2,1-8H3,(H,29,30). The lowest BCUT2D eigenvalue weighted by Crippen LogP contribution is -2.43. The van der Waals surface area contributed by atoms with E-state index in [-0.39, 0.29) is 17.4 Å². The Hall–Kier alpha value is -2.85. The number of carbonyl (C=O) groups is 1. The zero-order valence-electron chi connectivity index (χ0n) is 24.0. The second-order valence-electron chi connectivity index (χ2n) is 13.0. The lowest BCUT2D eigenvalue weighted by molar-refractivity contribution is -0.0365. The number of hydrogen-bond acceptors (Lipinski definition) is 6. The van der Waals surface area contributed by atoms with E-state index in [1.54, 1.807) is 4.90 Å². The number of aromatic amines is 1. The van der Waals surface area contributed by atoms with Gasteiger partial charge in [0, 0.05) is 12.0 Å². The third kappa shape index (κ3) is 5.20. The highest BCUT2D eigenvalue weighted by molar-refractivity contribution is 6.74. The van der Waals surface area contributed by atoms with E-state index in [1.807, 2.05) is 25.5 Å². The number of rotatable bonds is 4. The molecule has 1 unspecified atom stereocenters. The summed E-state index contributed by atoms with van der Waals surface area (Å²) in [7, 11) is -2.02. The van der Waals surface area contributed by atoms with Crippen molar-refractivity contribution >= 4 is 25.3 Å². The Morgan fingerprint density at radius 1 is 1.13 bits per heavy atom. The van der Waals surface area contributed by atoms with Crippen molar-refractivity contribution in [1.82, 2.24) is 24.6 Å². The molecule has 1 atom stereocenters. The van der Waals surface area contributed by atoms with Crippen LogP contribution < -0.4 is 4.43 Å². The number of H-pyrrole nitrogens is 1. The molecule has 1 saturated heterocycles. The smallest absolute Gasteiger partial charge is 0.410 e. The van der Waals surface area contributed by atoms with Crippen LogP contribution >= 0.6 is 0 Å². The van der Waals surface area contributed by atoms with Gasteiger partial charge >= 0.3 is 6.09 Å². The van der Waals surface area contributed by atoms with E-state index in [0.717, 1.165) is 59.6 Å². The van der Waals surface area contributed by atoms with Gasteiger partial charge in [-0.05, 0) is 76.4 Å². The molecule has 2 aromatic heterocycles. The highest BCUT2D eigenvalue weighted by atomic mass is 28.4. The highest BCUT2D eigenvalue weighted by Crippen LogP contribution is 2.40. The third-order valence-electron chi connectivity index (χ3n) is 7.72. The molecule has 0 saturated carbocycles. The first-order valence-corrected chi connectivity index (χ1v) is 16.5. The predicted octanol–water partition coefficient (Wildman–Crippen LogP) is 6.76. The average Bonchev–Trinajstić information content (AvgIpc) is 3.48. The van der Waals surface area contributed by atoms with E-state index in [1.165, 1.54) is 0 Å². The maximum absolute atomic E-state index is 12.6. The van der Waals surface area contributed by atoms with Crippen LogP contribution in [0, 0.1) is 0 Å². The molecule has 1 N–H and O–H groups in total. The van der Waals surface area contributed by atoms with Gasteiger partial charge in [0.2, 0.25) is 8.32 Å². The van der Waals surface area contributed by atoms with Gasteiger partial charge in [0.15, 0.2) is 12.1 Å². The maximum Gasteiger partial charge on any atom is 0.410 e. The first-order valence-electron chi connectivity index (χ1n) is 13.6. The second-order valence-corrected chi connectivity index (χ2v) is 17.7. The van der Waals surface area contributed by atoms with E-state index < -0.39 is 13.9 Å². The van der Waals surface area contributed by atoms with Gasteiger partial charge in [-0.15, -0.1) is 0 Å². The number of hydrogen-bond donors (Lipinski definition) is 1. The topological polar surface area (TPSA) is 94.5 Å². The SMILES string of the molecule is CC(C)(C)OC(=O)N1Cc2nc(-c3nn(C4CCCCO4)c4ccc(O[Si](C)(C)C(C)(C)C)cc34)[nH]c2C1. The number of benzene rings is 1. The van der Waals surface area contributed by atoms with Gasteiger partial charge in [0.05, 0.1) is 30.0 Å². The Bertz CT molecular complexity index is 1320. The Morgan fingerprint density at radius 3 is 2.53 bits per heavy atom. The van der Waals surface area contributed by atoms with Gasteiger partial charge < -0.3 is 18.9 Å². The number of fused-ring (bicyclic) bond motifs is 2. The summed E-state index contributed by atoms with van der Waals surface area (Å²) in [6.45, 7) is 18.4. The molecule has 0 aliphatic carbocycles. The molecule has 3 aromatic rings. The van der Waals surface area contributed by atoms with Gasteiger partial charge in [-0.2, -0.15) is 5.10 Å². The van der Waals surface area contributed by atoms with Gasteiger partial charge in [-0.1, -0.05) is 20.8 Å². The Morgan fingerprint density at radius 2 is 1.89 bits per heavy atom. The monoisotopic (exact) mass is 539 g/mol. The first kappa shape index (κ1) is 26.7. The molecule has 0 spiro atoms. The number of ether oxygens (including phenoxy) is 2. The van der Waals surface area contributed by atoms with E-state index in [2.05, 4.69) is 57.0 Å². The van der Waals surface area contributed by atoms with Gasteiger partial charge in [-0.3, -0.25) is 4.90 Å². The van der Waals surface area contributed by atoms with Crippen LogP contribution in [-0.4, -0.2) is 51.3 Å². The molecule has 10 heteroatoms. The Kier molecular flexibility index (Phi) is 6.62. The van der Waals surface area contributed by atoms with Crippen LogP contribution in [0.2, 0.25) is 18.1 Å². The largest absolute Gasteiger partial charge is 0.543 e. The van der Waals surface area contributed by atoms with Crippen molar-refractivity contribution < 1.29 is 18.7 Å². The summed E-state index contributed by atoms with van der Waals surface area (Å²) in [4.78, 5) is 22.6. The summed E-state index contributed by atoms with van der Waals surface area (Å²) in [5, 5.41) is 6.10. The van der Waals surface area contributed by atoms with E-state index in [0.29, 0.717) is 18.9 Å². The van der Waals surface area contributed by atoms with E-state index in [4.69, 9.17) is 24.0 Å². The molecule has 206 valence electrons. The molecular formula is C28H41N5O4Si. The second kappa shape index (κ2) is 9.41. The number of amides is 1. The van der Waals surface area contributed by atoms with Crippen molar-refractivity contribution in [2.45, 2.75) is 104 Å². The zero-order valence-corrected chi connectivity index (χ0v) is 25.0. The molecule has 2 aliphatic rings. The van der Waals surface area contributed by atoms with Crippen molar-refractivity contribution in [2.24, 2.45) is 0 Å². The quantitative estimate of drug-likeness (QED) is 0.368. The molecule has 1 fully saturated rings. The lowest BCUT2D eigenvalue weighted by atomic mass is 10.1. The van der Waals surface area contributed by atoms with Gasteiger partial charge in [0.1, 0.15) is 17.0 Å². The molecular weight excluding hydrogens is 498 g/mol. The van der Waals surface area contributed by atoms with Crippen LogP contribution in [0.15, 0.2) is 18.2 Å². The fraction of sp³-hybridized carbons (Fsp3) is 0.607. The molecule has 9 nitrogen and oxygen atoms in total. The number of carbonyl (C=O) groups excluding carboxylic acids is 1. The summed E-state index contributed by atoms with van der Waals surface area (Å²) >= 11 is 0. The summed E-state index contributed by atoms with van der Waals surface area (Å²) in [5.41, 5.74) is 2.99. The molecule has 4 heterocycles. The molecule has 1 amide bonds. The molecule has 2 aliphatic heterocycles. The van der Waals surface area contributed by atoms with Crippen molar-refractivity contribution in [3.8, 4) is 17.3 Å². The predicted molar refractivity (Wildman–Crippen MR) is 149 cm³/mol. The van der Waals surface area contributed by atoms with Crippen molar-refractivity contribution in [3.63, 3.8) is 0 Å². The van der Waals surface area contributed by atoms with Crippen LogP contribution in [0.1, 0.15) is 78.4 Å². The van der Waals surface area contributed by atoms with Crippen molar-refractivity contribution in [2.75, 3.05) is 6.61 Å². The number of nitrogens with one attached hydrogen (secondary N) is 1. The molecule has 0 radical (unpaired) electrons. The number of nitrogens with zero attached hydrogens (tertiary/aromatic N) is 4. The van der Waals surface area contributed by atoms with Crippen molar-refractivity contribution in [1.29, 1.82) is 0 Å². The molecule has 0 bridgehead atoms. The highest BCUT2D eigenvalue weighted by Gasteiger charge is 2.39. The normalized spacial score (nSPS) is 18.6. The molecule has 5 rings (SSSR count). The third-order valence-corrected chi connectivity index (χ3v) is 12.1. The first-order chi connectivity index (χ1) is 17.7. The lowest BCUT2D eigenvalue weighted by Gasteiger charge is -2.36. The summed E-state index contributed by atoms with van der Waals surface area (Å²) in [6.07, 6.45) is 2.69. The van der Waals surface area contributed by atoms with Crippen LogP contribution in [0.5, 0.6) is 5.75 Å². The fourth-order valence-corrected chi connectivity index (χ4v) is 5.67. The van der Waals surface area contributed by atoms with Crippen LogP contribution in [0.4, 0.5) is 4.79 Å². The van der Waals surface area contributed by atoms with Gasteiger partial charge in [0.25, 0.3) is 0 Å². The fourth-order valence-electron chi connectivity index (χ4n) is 4.64. The minimum absolute atomic E-state index is 0.0900. The molecule has 1 aromatic carbocycles. The van der Waals surface area contributed by atoms with E-state index in [9.17, 15) is 4.79 Å². The zero-order chi connectivity index (χ0) is 27.5. The van der Waals surface area contributed by atoms with Gasteiger partial charge in [-0.25, -0.2) is 14.5 Å². The maximum atomic E-state index is 12.6. The summed E-state index contributed by atoms with van der Waals surface area (Å²) < 4.78 is 20.3. The number of aromatic nitrogens is 4. The van der Waals surface area contributed by atoms with Crippen LogP contribution in [0.3, 0.4) is 0 Å². The number of imidazole rings is 1.